The summed E-state index contributed by atoms with van der Waals surface area (Å²) in [4.78, 5) is 41.4. The van der Waals surface area contributed by atoms with Gasteiger partial charge >= 0.3 is 6.03 Å². The summed E-state index contributed by atoms with van der Waals surface area (Å²) in [6.45, 7) is 2.07. The third kappa shape index (κ3) is 5.42. The molecule has 0 aliphatic heterocycles. The highest BCUT2D eigenvalue weighted by atomic mass is 32.2. The van der Waals surface area contributed by atoms with Gasteiger partial charge in [-0.05, 0) is 45.1 Å². The van der Waals surface area contributed by atoms with E-state index in [0.29, 0.717) is 34.1 Å². The van der Waals surface area contributed by atoms with Crippen molar-refractivity contribution < 1.29 is 19.1 Å². The maximum Gasteiger partial charge on any atom is 0.318 e. The smallest absolute Gasteiger partial charge is 0.318 e. The van der Waals surface area contributed by atoms with E-state index in [-0.39, 0.29) is 5.56 Å². The van der Waals surface area contributed by atoms with E-state index in [0.717, 1.165) is 37.4 Å². The van der Waals surface area contributed by atoms with Crippen LogP contribution >= 0.6 is 11.8 Å². The average Bonchev–Trinajstić information content (AvgIpc) is 2.78. The molecule has 3 amide bonds. The van der Waals surface area contributed by atoms with Crippen LogP contribution in [0.2, 0.25) is 0 Å². The Balaban J connectivity index is 2.04. The van der Waals surface area contributed by atoms with E-state index in [1.807, 2.05) is 0 Å². The minimum Gasteiger partial charge on any atom is -0.493 e. The normalized spacial score (nSPS) is 14.5. The lowest BCUT2D eigenvalue weighted by Gasteiger charge is -2.18. The van der Waals surface area contributed by atoms with E-state index in [1.54, 1.807) is 23.6 Å². The number of hydrogen-bond donors (Lipinski definition) is 2. The average molecular weight is 461 g/mol. The maximum atomic E-state index is 13.4. The van der Waals surface area contributed by atoms with Crippen LogP contribution in [0.25, 0.3) is 10.9 Å². The lowest BCUT2D eigenvalue weighted by atomic mass is 9.97. The van der Waals surface area contributed by atoms with Gasteiger partial charge in [-0.2, -0.15) is 0 Å². The van der Waals surface area contributed by atoms with Gasteiger partial charge in [-0.15, -0.1) is 0 Å². The molecule has 10 heteroatoms. The lowest BCUT2D eigenvalue weighted by Crippen LogP contribution is -2.39. The van der Waals surface area contributed by atoms with Crippen LogP contribution in [0.3, 0.4) is 0 Å². The monoisotopic (exact) mass is 460 g/mol. The van der Waals surface area contributed by atoms with Crippen LogP contribution in [0, 0.1) is 0 Å². The van der Waals surface area contributed by atoms with E-state index in [2.05, 4.69) is 16.4 Å². The van der Waals surface area contributed by atoms with E-state index in [4.69, 9.17) is 15.2 Å². The summed E-state index contributed by atoms with van der Waals surface area (Å²) < 4.78 is 12.3. The molecule has 1 aromatic heterocycles. The number of aromatic nitrogens is 2. The second-order valence-corrected chi connectivity index (χ2v) is 8.86. The zero-order valence-electron chi connectivity index (χ0n) is 18.5. The summed E-state index contributed by atoms with van der Waals surface area (Å²) in [5.74, 6) is 0.341. The first-order valence-electron chi connectivity index (χ1n) is 10.5. The highest BCUT2D eigenvalue weighted by molar-refractivity contribution is 8.00. The van der Waals surface area contributed by atoms with Crippen LogP contribution in [-0.4, -0.2) is 41.0 Å². The Kier molecular flexibility index (Phi) is 7.79. The molecule has 0 radical (unpaired) electrons. The van der Waals surface area contributed by atoms with E-state index < -0.39 is 17.2 Å². The Labute approximate surface area is 190 Å². The van der Waals surface area contributed by atoms with Crippen molar-refractivity contribution in [2.75, 3.05) is 14.2 Å². The van der Waals surface area contributed by atoms with Gasteiger partial charge in [-0.1, -0.05) is 23.4 Å². The molecule has 3 N–H and O–H groups in total. The molecule has 172 valence electrons. The van der Waals surface area contributed by atoms with Gasteiger partial charge in [0.25, 0.3) is 5.56 Å². The fraction of sp³-hybridized carbons (Fsp3) is 0.455. The molecule has 0 saturated carbocycles. The minimum absolute atomic E-state index is 0.225. The number of rotatable bonds is 8. The van der Waals surface area contributed by atoms with Gasteiger partial charge in [-0.3, -0.25) is 19.5 Å². The Morgan fingerprint density at radius 1 is 1.25 bits per heavy atom. The Hall–Kier alpha value is -3.01. The molecule has 2 aromatic rings. The van der Waals surface area contributed by atoms with E-state index in [9.17, 15) is 14.4 Å². The zero-order chi connectivity index (χ0) is 23.3. The number of hydrogen-bond acceptors (Lipinski definition) is 7. The molecular formula is C22H28N4O5S. The topological polar surface area (TPSA) is 126 Å². The predicted molar refractivity (Wildman–Crippen MR) is 123 cm³/mol. The molecule has 3 rings (SSSR count). The summed E-state index contributed by atoms with van der Waals surface area (Å²) in [7, 11) is 3.02. The van der Waals surface area contributed by atoms with Crippen molar-refractivity contribution in [3.05, 3.63) is 34.1 Å². The first kappa shape index (κ1) is 23.6. The van der Waals surface area contributed by atoms with Crippen molar-refractivity contribution in [1.29, 1.82) is 0 Å². The fourth-order valence-corrected chi connectivity index (χ4v) is 4.57. The Morgan fingerprint density at radius 3 is 2.59 bits per heavy atom. The lowest BCUT2D eigenvalue weighted by molar-refractivity contribution is -0.119. The number of ether oxygens (including phenoxy) is 2. The molecule has 1 aliphatic carbocycles. The molecule has 1 heterocycles. The number of carbonyl (C=O) groups is 2. The van der Waals surface area contributed by atoms with Crippen molar-refractivity contribution in [3.63, 3.8) is 0 Å². The molecule has 0 unspecified atom stereocenters. The van der Waals surface area contributed by atoms with Crippen molar-refractivity contribution in [3.8, 4) is 11.5 Å². The molecule has 0 saturated heterocycles. The number of nitrogens with two attached hydrogens (primary N) is 1. The highest BCUT2D eigenvalue weighted by Gasteiger charge is 2.21. The first-order chi connectivity index (χ1) is 15.3. The van der Waals surface area contributed by atoms with Gasteiger partial charge in [0.1, 0.15) is 0 Å². The van der Waals surface area contributed by atoms with Gasteiger partial charge in [0.05, 0.1) is 30.4 Å². The van der Waals surface area contributed by atoms with Gasteiger partial charge in [0.15, 0.2) is 16.7 Å². The molecule has 9 nitrogen and oxygen atoms in total. The summed E-state index contributed by atoms with van der Waals surface area (Å²) in [5, 5.41) is 2.17. The molecule has 0 fully saturated rings. The number of benzene rings is 1. The number of methoxy groups -OCH3 is 2. The zero-order valence-corrected chi connectivity index (χ0v) is 19.3. The highest BCUT2D eigenvalue weighted by Crippen LogP contribution is 2.32. The number of allylic oxidation sites excluding steroid dienone is 2. The predicted octanol–water partition coefficient (Wildman–Crippen LogP) is 2.98. The van der Waals surface area contributed by atoms with Crippen LogP contribution in [0.15, 0.2) is 33.7 Å². The van der Waals surface area contributed by atoms with Gasteiger partial charge in [0, 0.05) is 12.6 Å². The van der Waals surface area contributed by atoms with E-state index >= 15 is 0 Å². The van der Waals surface area contributed by atoms with Gasteiger partial charge in [-0.25, -0.2) is 9.78 Å². The second kappa shape index (κ2) is 10.5. The summed E-state index contributed by atoms with van der Waals surface area (Å²) in [6, 6.07) is 2.34. The largest absolute Gasteiger partial charge is 0.493 e. The molecule has 32 heavy (non-hydrogen) atoms. The third-order valence-corrected chi connectivity index (χ3v) is 6.45. The molecule has 1 aliphatic rings. The number of amides is 3. The number of urea groups is 1. The van der Waals surface area contributed by atoms with Gasteiger partial charge in [0.2, 0.25) is 5.91 Å². The quantitative estimate of drug-likeness (QED) is 0.352. The number of imide groups is 1. The molecular weight excluding hydrogens is 432 g/mol. The number of carbonyl (C=O) groups excluding carboxylic acids is 2. The van der Waals surface area contributed by atoms with Crippen LogP contribution in [0.1, 0.15) is 39.0 Å². The van der Waals surface area contributed by atoms with Crippen molar-refractivity contribution in [1.82, 2.24) is 14.9 Å². The van der Waals surface area contributed by atoms with Crippen LogP contribution in [0.4, 0.5) is 4.79 Å². The first-order valence-corrected chi connectivity index (χ1v) is 11.3. The van der Waals surface area contributed by atoms with Crippen LogP contribution < -0.4 is 26.1 Å². The molecule has 1 atom stereocenters. The van der Waals surface area contributed by atoms with E-state index in [1.165, 1.54) is 26.2 Å². The maximum absolute atomic E-state index is 13.4. The van der Waals surface area contributed by atoms with Crippen LogP contribution in [-0.2, 0) is 11.3 Å². The minimum atomic E-state index is -0.924. The Bertz CT molecular complexity index is 1110. The number of nitrogens with zero attached hydrogens (tertiary/aromatic N) is 2. The summed E-state index contributed by atoms with van der Waals surface area (Å²) in [6.07, 6.45) is 7.40. The molecule has 0 bridgehead atoms. The number of nitrogens with one attached hydrogen (secondary N) is 1. The number of thioether (sulfide) groups is 1. The standard InChI is InChI=1S/C22H28N4O5S/c1-13(19(27)25-21(23)29)32-22-24-16-12-18(31-3)17(30-2)11-15(16)20(28)26(22)10-9-14-7-5-4-6-8-14/h7,11-13H,4-6,8-10H2,1-3H3,(H3,23,25,27,29)/t13-/m0/s1. The SMILES string of the molecule is COc1cc2nc(S[C@@H](C)C(=O)NC(N)=O)n(CCC3=CCCCC3)c(=O)c2cc1OC. The molecule has 1 aromatic carbocycles. The van der Waals surface area contributed by atoms with Crippen molar-refractivity contribution >= 4 is 34.6 Å². The van der Waals surface area contributed by atoms with Crippen molar-refractivity contribution in [2.24, 2.45) is 5.73 Å². The number of primary amides is 1. The van der Waals surface area contributed by atoms with Crippen LogP contribution in [0.5, 0.6) is 11.5 Å². The summed E-state index contributed by atoms with van der Waals surface area (Å²) in [5.41, 5.74) is 6.60. The van der Waals surface area contributed by atoms with Crippen molar-refractivity contribution in [2.45, 2.75) is 56.0 Å². The molecule has 0 spiro atoms. The number of fused-ring (bicyclic) bond motifs is 1. The Morgan fingerprint density at radius 2 is 1.97 bits per heavy atom. The fourth-order valence-electron chi connectivity index (χ4n) is 3.64. The van der Waals surface area contributed by atoms with Gasteiger partial charge < -0.3 is 15.2 Å². The second-order valence-electron chi connectivity index (χ2n) is 7.55. The third-order valence-electron chi connectivity index (χ3n) is 5.36. The summed E-state index contributed by atoms with van der Waals surface area (Å²) >= 11 is 1.10.